The molecule has 2 aromatic rings. The van der Waals surface area contributed by atoms with E-state index in [4.69, 9.17) is 5.73 Å². The molecule has 2 rings (SSSR count). The van der Waals surface area contributed by atoms with Gasteiger partial charge >= 0.3 is 0 Å². The first-order chi connectivity index (χ1) is 12.6. The van der Waals surface area contributed by atoms with Crippen LogP contribution in [0.5, 0.6) is 0 Å². The van der Waals surface area contributed by atoms with E-state index in [1.54, 1.807) is 13.0 Å². The van der Waals surface area contributed by atoms with Gasteiger partial charge in [-0.25, -0.2) is 13.1 Å². The van der Waals surface area contributed by atoms with Crippen LogP contribution in [-0.4, -0.2) is 20.9 Å². The molecule has 0 spiro atoms. The fourth-order valence-corrected chi connectivity index (χ4v) is 3.71. The second-order valence-electron chi connectivity index (χ2n) is 6.94. The van der Waals surface area contributed by atoms with Gasteiger partial charge in [0.2, 0.25) is 15.9 Å². The summed E-state index contributed by atoms with van der Waals surface area (Å²) in [7, 11) is -3.74. The molecule has 146 valence electrons. The second kappa shape index (κ2) is 8.65. The third kappa shape index (κ3) is 5.63. The van der Waals surface area contributed by atoms with Crippen molar-refractivity contribution in [2.75, 3.05) is 11.9 Å². The van der Waals surface area contributed by atoms with Crippen molar-refractivity contribution in [3.8, 4) is 0 Å². The van der Waals surface area contributed by atoms with Gasteiger partial charge in [0.05, 0.1) is 4.90 Å². The summed E-state index contributed by atoms with van der Waals surface area (Å²) in [6.45, 7) is 7.47. The third-order valence-electron chi connectivity index (χ3n) is 4.35. The number of benzene rings is 2. The smallest absolute Gasteiger partial charge is 0.240 e. The molecule has 7 heteroatoms. The Balaban J connectivity index is 2.11. The molecular weight excluding hydrogens is 362 g/mol. The maximum Gasteiger partial charge on any atom is 0.240 e. The van der Waals surface area contributed by atoms with Crippen LogP contribution in [-0.2, 0) is 14.8 Å². The number of aryl methyl sites for hydroxylation is 1. The Morgan fingerprint density at radius 1 is 1.07 bits per heavy atom. The van der Waals surface area contributed by atoms with Crippen LogP contribution in [0.3, 0.4) is 0 Å². The van der Waals surface area contributed by atoms with Gasteiger partial charge in [-0.1, -0.05) is 44.2 Å². The van der Waals surface area contributed by atoms with Crippen molar-refractivity contribution in [2.24, 2.45) is 5.73 Å². The molecule has 1 atom stereocenters. The molecule has 0 saturated heterocycles. The summed E-state index contributed by atoms with van der Waals surface area (Å²) < 4.78 is 27.7. The van der Waals surface area contributed by atoms with Gasteiger partial charge in [0.25, 0.3) is 0 Å². The van der Waals surface area contributed by atoms with Crippen LogP contribution in [0.4, 0.5) is 5.69 Å². The number of carbonyl (C=O) groups excluding carboxylic acids is 1. The lowest BCUT2D eigenvalue weighted by atomic mass is 9.99. The topological polar surface area (TPSA) is 101 Å². The summed E-state index contributed by atoms with van der Waals surface area (Å²) in [4.78, 5) is 11.4. The largest absolute Gasteiger partial charge is 0.326 e. The van der Waals surface area contributed by atoms with E-state index < -0.39 is 16.1 Å². The highest BCUT2D eigenvalue weighted by Gasteiger charge is 2.18. The summed E-state index contributed by atoms with van der Waals surface area (Å²) in [6, 6.07) is 12.0. The molecule has 0 aromatic heterocycles. The standard InChI is InChI=1S/C20H27N3O3S/c1-13(2)16-6-8-17(9-7-16)19(21)12-22-27(25,26)18-10-5-14(3)20(11-18)23-15(4)24/h5-11,13,19,22H,12,21H2,1-4H3,(H,23,24). The van der Waals surface area contributed by atoms with Crippen LogP contribution in [0.1, 0.15) is 49.4 Å². The Labute approximate surface area is 161 Å². The van der Waals surface area contributed by atoms with Crippen LogP contribution in [0.15, 0.2) is 47.4 Å². The zero-order chi connectivity index (χ0) is 20.2. The van der Waals surface area contributed by atoms with Crippen molar-refractivity contribution < 1.29 is 13.2 Å². The highest BCUT2D eigenvalue weighted by atomic mass is 32.2. The molecule has 1 amide bonds. The number of carbonyl (C=O) groups is 1. The number of nitrogens with one attached hydrogen (secondary N) is 2. The van der Waals surface area contributed by atoms with Gasteiger partial charge in [-0.05, 0) is 41.7 Å². The van der Waals surface area contributed by atoms with Gasteiger partial charge in [0, 0.05) is 25.2 Å². The van der Waals surface area contributed by atoms with E-state index in [0.717, 1.165) is 11.1 Å². The molecule has 0 heterocycles. The highest BCUT2D eigenvalue weighted by molar-refractivity contribution is 7.89. The average molecular weight is 390 g/mol. The zero-order valence-corrected chi connectivity index (χ0v) is 16.9. The molecule has 0 aliphatic carbocycles. The molecule has 0 aliphatic rings. The monoisotopic (exact) mass is 389 g/mol. The summed E-state index contributed by atoms with van der Waals surface area (Å²) in [6.07, 6.45) is 0. The molecule has 2 aromatic carbocycles. The van der Waals surface area contributed by atoms with Crippen LogP contribution >= 0.6 is 0 Å². The quantitative estimate of drug-likeness (QED) is 0.677. The summed E-state index contributed by atoms with van der Waals surface area (Å²) in [5.41, 5.74) is 9.47. The highest BCUT2D eigenvalue weighted by Crippen LogP contribution is 2.21. The summed E-state index contributed by atoms with van der Waals surface area (Å²) >= 11 is 0. The van der Waals surface area contributed by atoms with E-state index >= 15 is 0 Å². The van der Waals surface area contributed by atoms with Crippen LogP contribution in [0.2, 0.25) is 0 Å². The summed E-state index contributed by atoms with van der Waals surface area (Å²) in [5, 5.41) is 2.63. The van der Waals surface area contributed by atoms with E-state index in [1.807, 2.05) is 24.3 Å². The predicted octanol–water partition coefficient (Wildman–Crippen LogP) is 3.06. The number of hydrogen-bond acceptors (Lipinski definition) is 4. The lowest BCUT2D eigenvalue weighted by Gasteiger charge is -2.15. The van der Waals surface area contributed by atoms with Gasteiger partial charge in [-0.2, -0.15) is 0 Å². The van der Waals surface area contributed by atoms with Gasteiger partial charge in [0.1, 0.15) is 0 Å². The van der Waals surface area contributed by atoms with Crippen molar-refractivity contribution in [1.29, 1.82) is 0 Å². The molecule has 0 aliphatic heterocycles. The minimum atomic E-state index is -3.74. The fraction of sp³-hybridized carbons (Fsp3) is 0.350. The predicted molar refractivity (Wildman–Crippen MR) is 108 cm³/mol. The van der Waals surface area contributed by atoms with Gasteiger partial charge < -0.3 is 11.1 Å². The maximum absolute atomic E-state index is 12.6. The zero-order valence-electron chi connectivity index (χ0n) is 16.1. The lowest BCUT2D eigenvalue weighted by Crippen LogP contribution is -2.32. The first-order valence-electron chi connectivity index (χ1n) is 8.83. The van der Waals surface area contributed by atoms with Crippen molar-refractivity contribution in [1.82, 2.24) is 4.72 Å². The third-order valence-corrected chi connectivity index (χ3v) is 5.78. The maximum atomic E-state index is 12.6. The molecule has 0 fully saturated rings. The van der Waals surface area contributed by atoms with E-state index in [2.05, 4.69) is 23.9 Å². The normalized spacial score (nSPS) is 12.8. The fourth-order valence-electron chi connectivity index (χ4n) is 2.62. The molecule has 0 saturated carbocycles. The average Bonchev–Trinajstić information content (AvgIpc) is 2.61. The Bertz CT molecular complexity index is 907. The number of amides is 1. The Hall–Kier alpha value is -2.22. The van der Waals surface area contributed by atoms with Gasteiger partial charge in [0.15, 0.2) is 0 Å². The number of hydrogen-bond donors (Lipinski definition) is 3. The minimum absolute atomic E-state index is 0.0761. The Morgan fingerprint density at radius 3 is 2.22 bits per heavy atom. The van der Waals surface area contributed by atoms with Crippen molar-refractivity contribution in [2.45, 2.75) is 44.6 Å². The molecule has 6 nitrogen and oxygen atoms in total. The van der Waals surface area contributed by atoms with Crippen LogP contribution in [0, 0.1) is 6.92 Å². The molecule has 1 unspecified atom stereocenters. The van der Waals surface area contributed by atoms with Gasteiger partial charge in [-0.3, -0.25) is 4.79 Å². The number of anilines is 1. The first-order valence-corrected chi connectivity index (χ1v) is 10.3. The number of nitrogens with two attached hydrogens (primary N) is 1. The van der Waals surface area contributed by atoms with Gasteiger partial charge in [-0.15, -0.1) is 0 Å². The van der Waals surface area contributed by atoms with Crippen LogP contribution in [0.25, 0.3) is 0 Å². The first kappa shape index (κ1) is 21.1. The summed E-state index contributed by atoms with van der Waals surface area (Å²) in [5.74, 6) is 0.167. The van der Waals surface area contributed by atoms with Crippen LogP contribution < -0.4 is 15.8 Å². The molecule has 27 heavy (non-hydrogen) atoms. The number of rotatable bonds is 7. The van der Waals surface area contributed by atoms with E-state index in [-0.39, 0.29) is 17.3 Å². The van der Waals surface area contributed by atoms with Crippen molar-refractivity contribution in [3.63, 3.8) is 0 Å². The second-order valence-corrected chi connectivity index (χ2v) is 8.70. The SMILES string of the molecule is CC(=O)Nc1cc(S(=O)(=O)NCC(N)c2ccc(C(C)C)cc2)ccc1C. The molecule has 0 radical (unpaired) electrons. The molecule has 0 bridgehead atoms. The van der Waals surface area contributed by atoms with Crippen molar-refractivity contribution in [3.05, 3.63) is 59.2 Å². The Kier molecular flexibility index (Phi) is 6.75. The Morgan fingerprint density at radius 2 is 1.67 bits per heavy atom. The van der Waals surface area contributed by atoms with E-state index in [0.29, 0.717) is 11.6 Å². The lowest BCUT2D eigenvalue weighted by molar-refractivity contribution is -0.114. The van der Waals surface area contributed by atoms with E-state index in [1.165, 1.54) is 24.6 Å². The van der Waals surface area contributed by atoms with Crippen molar-refractivity contribution >= 4 is 21.6 Å². The number of sulfonamides is 1. The molecular formula is C20H27N3O3S. The molecule has 4 N–H and O–H groups in total. The minimum Gasteiger partial charge on any atom is -0.326 e. The van der Waals surface area contributed by atoms with E-state index in [9.17, 15) is 13.2 Å².